The van der Waals surface area contributed by atoms with Gasteiger partial charge >= 0.3 is 0 Å². The lowest BCUT2D eigenvalue weighted by Crippen LogP contribution is -2.13. The Labute approximate surface area is 91.6 Å². The van der Waals surface area contributed by atoms with Gasteiger partial charge in [-0.15, -0.1) is 0 Å². The Balaban J connectivity index is 2.80. The molecule has 0 aliphatic heterocycles. The van der Waals surface area contributed by atoms with E-state index < -0.39 is 12.2 Å². The normalized spacial score (nSPS) is 17.1. The average Bonchev–Trinajstić information content (AvgIpc) is 2.27. The van der Waals surface area contributed by atoms with E-state index in [1.807, 2.05) is 24.3 Å². The summed E-state index contributed by atoms with van der Waals surface area (Å²) in [4.78, 5) is 0. The molecule has 84 valence electrons. The van der Waals surface area contributed by atoms with Crippen LogP contribution < -0.4 is 0 Å². The van der Waals surface area contributed by atoms with E-state index in [1.165, 1.54) is 5.56 Å². The molecule has 1 unspecified atom stereocenters. The molecule has 0 heterocycles. The lowest BCUT2D eigenvalue weighted by atomic mass is 9.96. The third-order valence-electron chi connectivity index (χ3n) is 2.92. The maximum Gasteiger partial charge on any atom is 0.105 e. The minimum atomic E-state index is -0.781. The molecule has 1 aromatic carbocycles. The van der Waals surface area contributed by atoms with Gasteiger partial charge in [-0.1, -0.05) is 38.1 Å². The number of aliphatic hydroxyl groups is 2. The Hall–Kier alpha value is -0.860. The first-order valence-electron chi connectivity index (χ1n) is 5.52. The van der Waals surface area contributed by atoms with Crippen LogP contribution >= 0.6 is 0 Å². The van der Waals surface area contributed by atoms with Gasteiger partial charge in [-0.2, -0.15) is 0 Å². The zero-order valence-corrected chi connectivity index (χ0v) is 9.64. The van der Waals surface area contributed by atoms with Gasteiger partial charge in [0.05, 0.1) is 6.10 Å². The molecule has 1 rings (SSSR count). The van der Waals surface area contributed by atoms with Crippen LogP contribution in [0.2, 0.25) is 0 Å². The molecule has 0 spiro atoms. The van der Waals surface area contributed by atoms with Crippen LogP contribution in [0.3, 0.4) is 0 Å². The summed E-state index contributed by atoms with van der Waals surface area (Å²) in [5.41, 5.74) is 2.05. The lowest BCUT2D eigenvalue weighted by molar-refractivity contribution is 0.0305. The summed E-state index contributed by atoms with van der Waals surface area (Å²) in [6.45, 7) is 5.93. The molecule has 3 atom stereocenters. The molecule has 2 heteroatoms. The highest BCUT2D eigenvalue weighted by atomic mass is 16.3. The van der Waals surface area contributed by atoms with Crippen LogP contribution in [0.15, 0.2) is 24.3 Å². The summed E-state index contributed by atoms with van der Waals surface area (Å²) >= 11 is 0. The number of rotatable bonds is 4. The summed E-state index contributed by atoms with van der Waals surface area (Å²) < 4.78 is 0. The Morgan fingerprint density at radius 2 is 1.47 bits per heavy atom. The lowest BCUT2D eigenvalue weighted by Gasteiger charge is -2.15. The van der Waals surface area contributed by atoms with Crippen LogP contribution in [0.25, 0.3) is 0 Å². The van der Waals surface area contributed by atoms with Crippen molar-refractivity contribution in [1.29, 1.82) is 0 Å². The van der Waals surface area contributed by atoms with E-state index in [4.69, 9.17) is 0 Å². The van der Waals surface area contributed by atoms with E-state index in [9.17, 15) is 10.2 Å². The molecule has 0 aromatic heterocycles. The van der Waals surface area contributed by atoms with Gasteiger partial charge in [-0.25, -0.2) is 0 Å². The maximum absolute atomic E-state index is 9.63. The second-order valence-electron chi connectivity index (χ2n) is 4.16. The van der Waals surface area contributed by atoms with Crippen molar-refractivity contribution >= 4 is 0 Å². The molecule has 1 aromatic rings. The molecule has 0 amide bonds. The minimum Gasteiger partial charge on any atom is -0.390 e. The third-order valence-corrected chi connectivity index (χ3v) is 2.92. The van der Waals surface area contributed by atoms with Gasteiger partial charge in [0.15, 0.2) is 0 Å². The Morgan fingerprint density at radius 3 is 1.87 bits per heavy atom. The maximum atomic E-state index is 9.63. The molecular formula is C13H20O2. The standard InChI is InChI=1S/C13H20O2/c1-4-9(2)11-5-7-12(8-6-11)13(15)10(3)14/h5-10,13-15H,4H2,1-3H3/t9?,10-,13+/m0/s1. The summed E-state index contributed by atoms with van der Waals surface area (Å²) in [5.74, 6) is 0.544. The second-order valence-corrected chi connectivity index (χ2v) is 4.16. The zero-order valence-electron chi connectivity index (χ0n) is 9.64. The van der Waals surface area contributed by atoms with Crippen LogP contribution in [0.1, 0.15) is 50.3 Å². The quantitative estimate of drug-likeness (QED) is 0.798. The van der Waals surface area contributed by atoms with Gasteiger partial charge in [-0.3, -0.25) is 0 Å². The van der Waals surface area contributed by atoms with Crippen molar-refractivity contribution in [3.63, 3.8) is 0 Å². The number of benzene rings is 1. The number of hydrogen-bond acceptors (Lipinski definition) is 2. The minimum absolute atomic E-state index is 0.544. The molecule has 15 heavy (non-hydrogen) atoms. The van der Waals surface area contributed by atoms with E-state index in [1.54, 1.807) is 6.92 Å². The van der Waals surface area contributed by atoms with Crippen molar-refractivity contribution in [2.24, 2.45) is 0 Å². The van der Waals surface area contributed by atoms with Crippen LogP contribution in [-0.2, 0) is 0 Å². The molecule has 2 N–H and O–H groups in total. The molecule has 0 aliphatic carbocycles. The van der Waals surface area contributed by atoms with E-state index in [2.05, 4.69) is 13.8 Å². The van der Waals surface area contributed by atoms with Crippen molar-refractivity contribution in [3.05, 3.63) is 35.4 Å². The van der Waals surface area contributed by atoms with Gasteiger partial charge in [0, 0.05) is 0 Å². The molecule has 0 aliphatic rings. The molecule has 0 fully saturated rings. The SMILES string of the molecule is CCC(C)c1ccc([C@H](O)[C@H](C)O)cc1. The van der Waals surface area contributed by atoms with Gasteiger partial charge in [0.2, 0.25) is 0 Å². The third kappa shape index (κ3) is 3.05. The predicted molar refractivity (Wildman–Crippen MR) is 61.8 cm³/mol. The van der Waals surface area contributed by atoms with Crippen molar-refractivity contribution < 1.29 is 10.2 Å². The first-order valence-corrected chi connectivity index (χ1v) is 5.52. The predicted octanol–water partition coefficient (Wildman–Crippen LogP) is 2.61. The summed E-state index contributed by atoms with van der Waals surface area (Å²) in [7, 11) is 0. The Morgan fingerprint density at radius 1 is 1.00 bits per heavy atom. The summed E-state index contributed by atoms with van der Waals surface area (Å²) in [5, 5.41) is 18.9. The van der Waals surface area contributed by atoms with E-state index in [0.29, 0.717) is 5.92 Å². The Kier molecular flexibility index (Phi) is 4.30. The first-order chi connectivity index (χ1) is 7.06. The molecular weight excluding hydrogens is 188 g/mol. The Bertz CT molecular complexity index is 290. The van der Waals surface area contributed by atoms with Gasteiger partial charge in [0.1, 0.15) is 6.10 Å². The van der Waals surface area contributed by atoms with Gasteiger partial charge in [-0.05, 0) is 30.4 Å². The highest BCUT2D eigenvalue weighted by molar-refractivity contribution is 5.26. The average molecular weight is 208 g/mol. The fourth-order valence-electron chi connectivity index (χ4n) is 1.54. The van der Waals surface area contributed by atoms with Crippen molar-refractivity contribution in [3.8, 4) is 0 Å². The molecule has 0 saturated heterocycles. The number of hydrogen-bond donors (Lipinski definition) is 2. The van der Waals surface area contributed by atoms with E-state index in [0.717, 1.165) is 12.0 Å². The fraction of sp³-hybridized carbons (Fsp3) is 0.538. The van der Waals surface area contributed by atoms with Crippen LogP contribution in [0.5, 0.6) is 0 Å². The highest BCUT2D eigenvalue weighted by Crippen LogP contribution is 2.22. The van der Waals surface area contributed by atoms with Crippen LogP contribution in [0, 0.1) is 0 Å². The largest absolute Gasteiger partial charge is 0.390 e. The first kappa shape index (κ1) is 12.2. The topological polar surface area (TPSA) is 40.5 Å². The monoisotopic (exact) mass is 208 g/mol. The smallest absolute Gasteiger partial charge is 0.105 e. The van der Waals surface area contributed by atoms with Crippen LogP contribution in [0.4, 0.5) is 0 Å². The van der Waals surface area contributed by atoms with Crippen LogP contribution in [-0.4, -0.2) is 16.3 Å². The van der Waals surface area contributed by atoms with Crippen molar-refractivity contribution in [2.75, 3.05) is 0 Å². The zero-order chi connectivity index (χ0) is 11.4. The fourth-order valence-corrected chi connectivity index (χ4v) is 1.54. The highest BCUT2D eigenvalue weighted by Gasteiger charge is 2.13. The second kappa shape index (κ2) is 5.29. The van der Waals surface area contributed by atoms with E-state index >= 15 is 0 Å². The van der Waals surface area contributed by atoms with E-state index in [-0.39, 0.29) is 0 Å². The molecule has 0 saturated carbocycles. The molecule has 2 nitrogen and oxygen atoms in total. The van der Waals surface area contributed by atoms with Gasteiger partial charge < -0.3 is 10.2 Å². The number of aliphatic hydroxyl groups excluding tert-OH is 2. The van der Waals surface area contributed by atoms with Crippen molar-refractivity contribution in [2.45, 2.75) is 45.3 Å². The summed E-state index contributed by atoms with van der Waals surface area (Å²) in [6.07, 6.45) is -0.395. The summed E-state index contributed by atoms with van der Waals surface area (Å²) in [6, 6.07) is 7.82. The van der Waals surface area contributed by atoms with Crippen molar-refractivity contribution in [1.82, 2.24) is 0 Å². The van der Waals surface area contributed by atoms with Gasteiger partial charge in [0.25, 0.3) is 0 Å². The molecule has 0 radical (unpaired) electrons. The molecule has 0 bridgehead atoms.